The quantitative estimate of drug-likeness (QED) is 0.633. The minimum absolute atomic E-state index is 0.150. The molecular formula is C23H25N3O4S. The van der Waals surface area contributed by atoms with E-state index in [4.69, 9.17) is 4.52 Å². The Hall–Kier alpha value is -2.97. The van der Waals surface area contributed by atoms with Crippen molar-refractivity contribution < 1.29 is 17.7 Å². The van der Waals surface area contributed by atoms with Crippen LogP contribution in [-0.2, 0) is 10.0 Å². The van der Waals surface area contributed by atoms with Crippen molar-refractivity contribution in [1.82, 2.24) is 9.46 Å². The summed E-state index contributed by atoms with van der Waals surface area (Å²) in [6.45, 7) is 3.10. The Labute approximate surface area is 182 Å². The first kappa shape index (κ1) is 21.3. The van der Waals surface area contributed by atoms with Crippen molar-refractivity contribution in [3.8, 4) is 11.3 Å². The first-order chi connectivity index (χ1) is 14.9. The van der Waals surface area contributed by atoms with Crippen LogP contribution in [0.2, 0.25) is 0 Å². The minimum atomic E-state index is -3.52. The maximum Gasteiger partial charge on any atom is 0.277 e. The van der Waals surface area contributed by atoms with Gasteiger partial charge in [0, 0.05) is 30.4 Å². The molecule has 0 bridgehead atoms. The van der Waals surface area contributed by atoms with Crippen LogP contribution in [0.25, 0.3) is 11.3 Å². The van der Waals surface area contributed by atoms with E-state index in [1.807, 2.05) is 31.2 Å². The summed E-state index contributed by atoms with van der Waals surface area (Å²) in [5.74, 6) is 0.0780. The van der Waals surface area contributed by atoms with Gasteiger partial charge in [0.2, 0.25) is 10.0 Å². The van der Waals surface area contributed by atoms with Gasteiger partial charge in [-0.2, -0.15) is 4.31 Å². The zero-order chi connectivity index (χ0) is 21.8. The minimum Gasteiger partial charge on any atom is -0.355 e. The molecule has 4 rings (SSSR count). The van der Waals surface area contributed by atoms with E-state index in [9.17, 15) is 13.2 Å². The summed E-state index contributed by atoms with van der Waals surface area (Å²) < 4.78 is 32.6. The molecule has 0 aliphatic carbocycles. The molecule has 0 radical (unpaired) electrons. The van der Waals surface area contributed by atoms with Gasteiger partial charge in [0.1, 0.15) is 0 Å². The normalized spacial score (nSPS) is 15.4. The van der Waals surface area contributed by atoms with Crippen LogP contribution in [-0.4, -0.2) is 36.9 Å². The average molecular weight is 440 g/mol. The molecule has 162 valence electrons. The number of nitrogens with zero attached hydrogens (tertiary/aromatic N) is 2. The summed E-state index contributed by atoms with van der Waals surface area (Å²) in [5.41, 5.74) is 2.60. The number of carbonyl (C=O) groups excluding carboxylic acids is 1. The number of benzene rings is 2. The molecule has 1 saturated heterocycles. The average Bonchev–Trinajstić information content (AvgIpc) is 3.09. The molecule has 1 aliphatic heterocycles. The summed E-state index contributed by atoms with van der Waals surface area (Å²) in [7, 11) is -3.52. The van der Waals surface area contributed by atoms with E-state index in [0.29, 0.717) is 24.5 Å². The van der Waals surface area contributed by atoms with E-state index in [2.05, 4.69) is 10.5 Å². The first-order valence-electron chi connectivity index (χ1n) is 10.4. The van der Waals surface area contributed by atoms with Crippen molar-refractivity contribution in [3.63, 3.8) is 0 Å². The summed E-state index contributed by atoms with van der Waals surface area (Å²) in [5, 5.41) is 6.58. The summed E-state index contributed by atoms with van der Waals surface area (Å²) in [6, 6.07) is 15.5. The number of nitrogens with one attached hydrogen (secondary N) is 1. The highest BCUT2D eigenvalue weighted by molar-refractivity contribution is 7.89. The van der Waals surface area contributed by atoms with E-state index in [-0.39, 0.29) is 10.6 Å². The fourth-order valence-electron chi connectivity index (χ4n) is 3.57. The fourth-order valence-corrected chi connectivity index (χ4v) is 5.09. The summed E-state index contributed by atoms with van der Waals surface area (Å²) >= 11 is 0. The highest BCUT2D eigenvalue weighted by atomic mass is 32.2. The first-order valence-corrected chi connectivity index (χ1v) is 11.8. The van der Waals surface area contributed by atoms with Gasteiger partial charge in [-0.15, -0.1) is 0 Å². The van der Waals surface area contributed by atoms with Gasteiger partial charge in [-0.05, 0) is 44.0 Å². The molecule has 0 unspecified atom stereocenters. The number of carbonyl (C=O) groups is 1. The van der Waals surface area contributed by atoms with Crippen LogP contribution in [0.1, 0.15) is 41.7 Å². The Bertz CT molecular complexity index is 1140. The lowest BCUT2D eigenvalue weighted by atomic mass is 10.1. The molecule has 1 aliphatic rings. The van der Waals surface area contributed by atoms with Gasteiger partial charge in [-0.1, -0.05) is 47.8 Å². The number of amides is 1. The molecule has 3 aromatic rings. The van der Waals surface area contributed by atoms with Gasteiger partial charge in [0.05, 0.1) is 4.90 Å². The second kappa shape index (κ2) is 9.03. The molecule has 1 fully saturated rings. The van der Waals surface area contributed by atoms with Gasteiger partial charge in [-0.25, -0.2) is 8.42 Å². The maximum absolute atomic E-state index is 12.9. The van der Waals surface area contributed by atoms with E-state index in [0.717, 1.165) is 36.8 Å². The molecule has 1 N–H and O–H groups in total. The lowest BCUT2D eigenvalue weighted by Crippen LogP contribution is -2.31. The number of aromatic nitrogens is 1. The zero-order valence-corrected chi connectivity index (χ0v) is 18.2. The van der Waals surface area contributed by atoms with Gasteiger partial charge in [-0.3, -0.25) is 4.79 Å². The van der Waals surface area contributed by atoms with Crippen LogP contribution in [0.5, 0.6) is 0 Å². The highest BCUT2D eigenvalue weighted by Crippen LogP contribution is 2.23. The molecule has 1 amide bonds. The number of aryl methyl sites for hydroxylation is 1. The molecule has 0 spiro atoms. The molecule has 7 nitrogen and oxygen atoms in total. The summed E-state index contributed by atoms with van der Waals surface area (Å²) in [4.78, 5) is 12.8. The molecule has 1 aromatic heterocycles. The Balaban J connectivity index is 1.44. The Kier molecular flexibility index (Phi) is 6.20. The fraction of sp³-hybridized carbons (Fsp3) is 0.304. The Morgan fingerprint density at radius 3 is 2.26 bits per heavy atom. The number of rotatable bonds is 5. The molecule has 8 heteroatoms. The van der Waals surface area contributed by atoms with Crippen LogP contribution >= 0.6 is 0 Å². The number of anilines is 1. The Morgan fingerprint density at radius 2 is 1.61 bits per heavy atom. The predicted molar refractivity (Wildman–Crippen MR) is 118 cm³/mol. The van der Waals surface area contributed by atoms with Crippen LogP contribution < -0.4 is 5.32 Å². The smallest absolute Gasteiger partial charge is 0.277 e. The van der Waals surface area contributed by atoms with Crippen LogP contribution in [0.4, 0.5) is 5.69 Å². The third-order valence-corrected chi connectivity index (χ3v) is 7.31. The third-order valence-electron chi connectivity index (χ3n) is 5.39. The van der Waals surface area contributed by atoms with E-state index >= 15 is 0 Å². The van der Waals surface area contributed by atoms with Crippen LogP contribution in [0, 0.1) is 6.92 Å². The highest BCUT2D eigenvalue weighted by Gasteiger charge is 2.25. The van der Waals surface area contributed by atoms with Gasteiger partial charge >= 0.3 is 0 Å². The van der Waals surface area contributed by atoms with Crippen molar-refractivity contribution in [2.24, 2.45) is 0 Å². The number of sulfonamides is 1. The molecule has 0 saturated carbocycles. The predicted octanol–water partition coefficient (Wildman–Crippen LogP) is 4.47. The molecular weight excluding hydrogens is 414 g/mol. The molecule has 0 atom stereocenters. The Morgan fingerprint density at radius 1 is 0.968 bits per heavy atom. The molecule has 2 aromatic carbocycles. The monoisotopic (exact) mass is 439 g/mol. The van der Waals surface area contributed by atoms with Crippen molar-refractivity contribution in [3.05, 3.63) is 65.9 Å². The van der Waals surface area contributed by atoms with Crippen LogP contribution in [0.15, 0.2) is 64.0 Å². The maximum atomic E-state index is 12.9. The van der Waals surface area contributed by atoms with Gasteiger partial charge < -0.3 is 9.84 Å². The van der Waals surface area contributed by atoms with Crippen LogP contribution in [0.3, 0.4) is 0 Å². The van der Waals surface area contributed by atoms with E-state index in [1.165, 1.54) is 12.1 Å². The zero-order valence-electron chi connectivity index (χ0n) is 17.4. The lowest BCUT2D eigenvalue weighted by molar-refractivity contribution is 0.101. The standard InChI is InChI=1S/C23H25N3O4S/c1-17-6-8-18(9-7-17)22-16-21(25-30-22)23(27)24-19-10-12-20(13-11-19)31(28,29)26-14-4-2-3-5-15-26/h6-13,16H,2-5,14-15H2,1H3,(H,24,27). The van der Waals surface area contributed by atoms with E-state index < -0.39 is 15.9 Å². The van der Waals surface area contributed by atoms with Crippen molar-refractivity contribution in [2.75, 3.05) is 18.4 Å². The van der Waals surface area contributed by atoms with Crippen molar-refractivity contribution in [1.29, 1.82) is 0 Å². The summed E-state index contributed by atoms with van der Waals surface area (Å²) in [6.07, 6.45) is 3.89. The third kappa shape index (κ3) is 4.86. The van der Waals surface area contributed by atoms with Crippen molar-refractivity contribution >= 4 is 21.6 Å². The van der Waals surface area contributed by atoms with E-state index in [1.54, 1.807) is 22.5 Å². The second-order valence-electron chi connectivity index (χ2n) is 7.74. The number of hydrogen-bond donors (Lipinski definition) is 1. The molecule has 31 heavy (non-hydrogen) atoms. The second-order valence-corrected chi connectivity index (χ2v) is 9.68. The lowest BCUT2D eigenvalue weighted by Gasteiger charge is -2.20. The van der Waals surface area contributed by atoms with Crippen molar-refractivity contribution in [2.45, 2.75) is 37.5 Å². The topological polar surface area (TPSA) is 92.5 Å². The largest absolute Gasteiger partial charge is 0.355 e. The number of hydrogen-bond acceptors (Lipinski definition) is 5. The molecule has 2 heterocycles. The van der Waals surface area contributed by atoms with Gasteiger partial charge in [0.25, 0.3) is 5.91 Å². The van der Waals surface area contributed by atoms with Gasteiger partial charge in [0.15, 0.2) is 11.5 Å². The SMILES string of the molecule is Cc1ccc(-c2cc(C(=O)Nc3ccc(S(=O)(=O)N4CCCCCC4)cc3)no2)cc1.